The van der Waals surface area contributed by atoms with Crippen LogP contribution in [0.25, 0.3) is 10.2 Å². The Bertz CT molecular complexity index is 854. The number of amides is 1. The lowest BCUT2D eigenvalue weighted by molar-refractivity contribution is -0.144. The lowest BCUT2D eigenvalue weighted by atomic mass is 10.2. The number of nitrogens with zero attached hydrogens (tertiary/aromatic N) is 1. The highest BCUT2D eigenvalue weighted by molar-refractivity contribution is 7.20. The minimum atomic E-state index is -0.275. The van der Waals surface area contributed by atoms with Gasteiger partial charge in [0.15, 0.2) is 0 Å². The second kappa shape index (κ2) is 5.77. The van der Waals surface area contributed by atoms with Gasteiger partial charge in [0.25, 0.3) is 11.5 Å². The lowest BCUT2D eigenvalue weighted by Crippen LogP contribution is -2.17. The summed E-state index contributed by atoms with van der Waals surface area (Å²) in [6, 6.07) is 0. The van der Waals surface area contributed by atoms with Gasteiger partial charge < -0.3 is 15.0 Å². The van der Waals surface area contributed by atoms with Crippen molar-refractivity contribution in [2.75, 3.05) is 13.7 Å². The molecule has 0 spiro atoms. The fourth-order valence-electron chi connectivity index (χ4n) is 2.67. The third kappa shape index (κ3) is 2.63. The Labute approximate surface area is 136 Å². The van der Waals surface area contributed by atoms with Gasteiger partial charge in [0, 0.05) is 13.0 Å². The number of rotatable bonds is 4. The summed E-state index contributed by atoms with van der Waals surface area (Å²) in [5.74, 6) is -0.354. The van der Waals surface area contributed by atoms with Gasteiger partial charge in [0.05, 0.1) is 22.8 Å². The van der Waals surface area contributed by atoms with Crippen LogP contribution >= 0.6 is 11.3 Å². The molecule has 7 nitrogen and oxygen atoms in total. The van der Waals surface area contributed by atoms with Crippen LogP contribution in [-0.4, -0.2) is 35.5 Å². The van der Waals surface area contributed by atoms with E-state index in [0.29, 0.717) is 39.5 Å². The predicted octanol–water partition coefficient (Wildman–Crippen LogP) is 1.32. The summed E-state index contributed by atoms with van der Waals surface area (Å²) in [7, 11) is 1.55. The van der Waals surface area contributed by atoms with E-state index in [-0.39, 0.29) is 29.3 Å². The largest absolute Gasteiger partial charge is 0.466 e. The van der Waals surface area contributed by atoms with Gasteiger partial charge in [-0.05, 0) is 25.8 Å². The average Bonchev–Trinajstić information content (AvgIpc) is 3.25. The first-order valence-electron chi connectivity index (χ1n) is 7.39. The molecule has 2 aromatic heterocycles. The molecule has 2 aromatic rings. The first-order valence-corrected chi connectivity index (χ1v) is 8.21. The maximum absolute atomic E-state index is 12.3. The predicted molar refractivity (Wildman–Crippen MR) is 85.8 cm³/mol. The minimum Gasteiger partial charge on any atom is -0.466 e. The van der Waals surface area contributed by atoms with E-state index in [2.05, 4.69) is 15.3 Å². The van der Waals surface area contributed by atoms with Gasteiger partial charge in [-0.3, -0.25) is 14.4 Å². The molecule has 0 aromatic carbocycles. The Balaban J connectivity index is 1.98. The molecule has 122 valence electrons. The maximum Gasteiger partial charge on any atom is 0.309 e. The number of carbonyl (C=O) groups is 2. The number of thiophene rings is 1. The summed E-state index contributed by atoms with van der Waals surface area (Å²) in [6.45, 7) is 3.83. The van der Waals surface area contributed by atoms with Crippen molar-refractivity contribution in [1.29, 1.82) is 0 Å². The highest BCUT2D eigenvalue weighted by Gasteiger charge is 2.47. The number of ether oxygens (including phenoxy) is 1. The van der Waals surface area contributed by atoms with Crippen molar-refractivity contribution in [3.8, 4) is 0 Å². The number of H-pyrrole nitrogens is 1. The Hall–Kier alpha value is -2.22. The molecular weight excluding hydrogens is 318 g/mol. The molecule has 0 radical (unpaired) electrons. The molecule has 1 amide bonds. The molecule has 0 aliphatic heterocycles. The van der Waals surface area contributed by atoms with Crippen LogP contribution in [-0.2, 0) is 9.53 Å². The molecule has 2 heterocycles. The summed E-state index contributed by atoms with van der Waals surface area (Å²) in [6.07, 6.45) is 0.625. The third-order valence-corrected chi connectivity index (χ3v) is 5.17. The molecule has 3 rings (SSSR count). The van der Waals surface area contributed by atoms with Crippen LogP contribution in [0.2, 0.25) is 0 Å². The van der Waals surface area contributed by atoms with E-state index < -0.39 is 0 Å². The topological polar surface area (TPSA) is 101 Å². The summed E-state index contributed by atoms with van der Waals surface area (Å²) in [5.41, 5.74) is 0.353. The number of carbonyl (C=O) groups excluding carboxylic acids is 2. The summed E-state index contributed by atoms with van der Waals surface area (Å²) in [4.78, 5) is 44.2. The highest BCUT2D eigenvalue weighted by atomic mass is 32.1. The minimum absolute atomic E-state index is 0.114. The number of hydrogen-bond acceptors (Lipinski definition) is 6. The highest BCUT2D eigenvalue weighted by Crippen LogP contribution is 2.47. The van der Waals surface area contributed by atoms with Crippen LogP contribution in [0, 0.1) is 12.8 Å². The zero-order chi connectivity index (χ0) is 16.7. The van der Waals surface area contributed by atoms with Crippen molar-refractivity contribution in [3.63, 3.8) is 0 Å². The second-order valence-corrected chi connectivity index (χ2v) is 6.47. The van der Waals surface area contributed by atoms with Gasteiger partial charge >= 0.3 is 5.97 Å². The summed E-state index contributed by atoms with van der Waals surface area (Å²) >= 11 is 1.19. The average molecular weight is 335 g/mol. The molecule has 0 unspecified atom stereocenters. The van der Waals surface area contributed by atoms with E-state index >= 15 is 0 Å². The van der Waals surface area contributed by atoms with Crippen molar-refractivity contribution < 1.29 is 14.3 Å². The fraction of sp³-hybridized carbons (Fsp3) is 0.467. The standard InChI is InChI=1S/C15H17N3O4S/c1-4-22-15(21)8-5-7(8)11-17-12(19)9-6(2)10(13(20)16-3)23-14(9)18-11/h7-8H,4-5H2,1-3H3,(H,16,20)(H,17,18,19)/t7-,8+/m1/s1. The maximum atomic E-state index is 12.3. The lowest BCUT2D eigenvalue weighted by Gasteiger charge is -2.01. The number of nitrogens with one attached hydrogen (secondary N) is 2. The molecule has 23 heavy (non-hydrogen) atoms. The van der Waals surface area contributed by atoms with Crippen LogP contribution in [0.15, 0.2) is 4.79 Å². The Morgan fingerprint density at radius 1 is 1.48 bits per heavy atom. The normalized spacial score (nSPS) is 19.6. The first-order chi connectivity index (χ1) is 11.0. The van der Waals surface area contributed by atoms with Crippen molar-refractivity contribution >= 4 is 33.4 Å². The summed E-state index contributed by atoms with van der Waals surface area (Å²) in [5, 5.41) is 2.99. The van der Waals surface area contributed by atoms with Crippen LogP contribution in [0.3, 0.4) is 0 Å². The number of esters is 1. The van der Waals surface area contributed by atoms with Gasteiger partial charge in [-0.15, -0.1) is 11.3 Å². The molecule has 1 aliphatic rings. The van der Waals surface area contributed by atoms with Crippen LogP contribution in [0.1, 0.15) is 40.3 Å². The van der Waals surface area contributed by atoms with Crippen LogP contribution < -0.4 is 10.9 Å². The van der Waals surface area contributed by atoms with Crippen LogP contribution in [0.4, 0.5) is 0 Å². The molecular formula is C15H17N3O4S. The smallest absolute Gasteiger partial charge is 0.309 e. The molecule has 2 N–H and O–H groups in total. The van der Waals surface area contributed by atoms with E-state index in [1.807, 2.05) is 0 Å². The van der Waals surface area contributed by atoms with Crippen molar-refractivity contribution in [3.05, 3.63) is 26.6 Å². The van der Waals surface area contributed by atoms with Gasteiger partial charge in [0.1, 0.15) is 10.7 Å². The fourth-order valence-corrected chi connectivity index (χ4v) is 3.81. The number of aromatic amines is 1. The van der Waals surface area contributed by atoms with Gasteiger partial charge in [-0.1, -0.05) is 0 Å². The van der Waals surface area contributed by atoms with E-state index in [0.717, 1.165) is 0 Å². The third-order valence-electron chi connectivity index (χ3n) is 3.98. The zero-order valence-electron chi connectivity index (χ0n) is 13.1. The van der Waals surface area contributed by atoms with E-state index in [1.54, 1.807) is 20.9 Å². The molecule has 1 aliphatic carbocycles. The monoisotopic (exact) mass is 335 g/mol. The molecule has 0 bridgehead atoms. The Morgan fingerprint density at radius 3 is 2.87 bits per heavy atom. The van der Waals surface area contributed by atoms with Crippen LogP contribution in [0.5, 0.6) is 0 Å². The summed E-state index contributed by atoms with van der Waals surface area (Å²) < 4.78 is 5.00. The molecule has 8 heteroatoms. The van der Waals surface area contributed by atoms with E-state index in [4.69, 9.17) is 4.74 Å². The number of fused-ring (bicyclic) bond motifs is 1. The molecule has 2 atom stereocenters. The van der Waals surface area contributed by atoms with Crippen molar-refractivity contribution in [2.24, 2.45) is 5.92 Å². The van der Waals surface area contributed by atoms with Crippen molar-refractivity contribution in [2.45, 2.75) is 26.2 Å². The SMILES string of the molecule is CCOC(=O)[C@H]1C[C@H]1c1nc2sc(C(=O)NC)c(C)c2c(=O)[nH]1. The second-order valence-electron chi connectivity index (χ2n) is 5.47. The number of hydrogen-bond donors (Lipinski definition) is 2. The number of aryl methyl sites for hydroxylation is 1. The molecule has 1 fully saturated rings. The van der Waals surface area contributed by atoms with Crippen molar-refractivity contribution in [1.82, 2.24) is 15.3 Å². The van der Waals surface area contributed by atoms with Gasteiger partial charge in [-0.25, -0.2) is 4.98 Å². The Kier molecular flexibility index (Phi) is 3.93. The molecule has 1 saturated carbocycles. The Morgan fingerprint density at radius 2 is 2.22 bits per heavy atom. The van der Waals surface area contributed by atoms with Gasteiger partial charge in [0.2, 0.25) is 0 Å². The quantitative estimate of drug-likeness (QED) is 0.821. The van der Waals surface area contributed by atoms with Gasteiger partial charge in [-0.2, -0.15) is 0 Å². The van der Waals surface area contributed by atoms with E-state index in [1.165, 1.54) is 11.3 Å². The van der Waals surface area contributed by atoms with E-state index in [9.17, 15) is 14.4 Å². The number of aromatic nitrogens is 2. The zero-order valence-corrected chi connectivity index (χ0v) is 13.9. The first kappa shape index (κ1) is 15.7. The molecule has 0 saturated heterocycles.